The predicted octanol–water partition coefficient (Wildman–Crippen LogP) is 0.931. The molecule has 3 fully saturated rings. The van der Waals surface area contributed by atoms with Gasteiger partial charge >= 0.3 is 6.09 Å². The Bertz CT molecular complexity index is 1060. The van der Waals surface area contributed by atoms with Crippen LogP contribution in [0.1, 0.15) is 6.42 Å². The molecule has 1 aromatic heterocycles. The highest BCUT2D eigenvalue weighted by molar-refractivity contribution is 5.90. The number of β-amino-alcohol motifs (C(OH)–C–C–N with tert-alkyl or cyclic N) is 1. The lowest BCUT2D eigenvalue weighted by Gasteiger charge is -2.38. The summed E-state index contributed by atoms with van der Waals surface area (Å²) in [6, 6.07) is 5.90. The SMILES string of the molecule is CN1C[C@H](O)C[C@H]1C(=O)N1CCN(c2ccc(N3CC(COc4ccon4)OC3=O)cc2F)CC1. The number of nitrogens with zero attached hydrogens (tertiary/aromatic N) is 5. The molecule has 188 valence electrons. The lowest BCUT2D eigenvalue weighted by atomic mass is 10.1. The quantitative estimate of drug-likeness (QED) is 0.633. The van der Waals surface area contributed by atoms with E-state index in [1.807, 2.05) is 16.8 Å². The van der Waals surface area contributed by atoms with Crippen LogP contribution in [-0.4, -0.2) is 103 Å². The summed E-state index contributed by atoms with van der Waals surface area (Å²) in [7, 11) is 1.84. The van der Waals surface area contributed by atoms with Crippen molar-refractivity contribution in [3.8, 4) is 5.88 Å². The standard InChI is InChI=1S/C23H28FN5O6/c1-26-12-16(30)11-20(26)22(31)28-7-5-27(6-8-28)19-3-2-15(10-18(19)24)29-13-17(35-23(29)32)14-33-21-4-9-34-25-21/h2-4,9-10,16-17,20,30H,5-8,11-14H2,1H3/t16-,17?,20+/m1/s1. The van der Waals surface area contributed by atoms with E-state index >= 15 is 4.39 Å². The smallest absolute Gasteiger partial charge is 0.414 e. The minimum Gasteiger partial charge on any atom is -0.471 e. The van der Waals surface area contributed by atoms with Crippen molar-refractivity contribution in [2.75, 3.05) is 62.7 Å². The number of likely N-dealkylation sites (N-methyl/N-ethyl adjacent to an activating group) is 1. The molecule has 0 aliphatic carbocycles. The van der Waals surface area contributed by atoms with Gasteiger partial charge in [-0.05, 0) is 36.8 Å². The second kappa shape index (κ2) is 9.70. The lowest BCUT2D eigenvalue weighted by molar-refractivity contribution is -0.135. The van der Waals surface area contributed by atoms with Crippen LogP contribution in [0.2, 0.25) is 0 Å². The van der Waals surface area contributed by atoms with E-state index in [2.05, 4.69) is 5.16 Å². The first-order valence-electron chi connectivity index (χ1n) is 11.6. The number of carbonyl (C=O) groups is 2. The maximum atomic E-state index is 15.1. The number of carbonyl (C=O) groups excluding carboxylic acids is 2. The molecule has 11 nitrogen and oxygen atoms in total. The number of anilines is 2. The zero-order valence-electron chi connectivity index (χ0n) is 19.4. The van der Waals surface area contributed by atoms with Gasteiger partial charge in [-0.3, -0.25) is 14.6 Å². The number of hydrogen-bond donors (Lipinski definition) is 1. The Hall–Kier alpha value is -3.38. The van der Waals surface area contributed by atoms with Crippen LogP contribution in [0.3, 0.4) is 0 Å². The molecule has 3 saturated heterocycles. The maximum Gasteiger partial charge on any atom is 0.414 e. The number of hydrogen-bond acceptors (Lipinski definition) is 9. The van der Waals surface area contributed by atoms with Crippen molar-refractivity contribution >= 4 is 23.4 Å². The number of ether oxygens (including phenoxy) is 2. The van der Waals surface area contributed by atoms with Gasteiger partial charge in [-0.25, -0.2) is 9.18 Å². The van der Waals surface area contributed by atoms with Gasteiger partial charge in [-0.15, -0.1) is 0 Å². The minimum atomic E-state index is -0.569. The third-order valence-corrected chi connectivity index (χ3v) is 6.69. The van der Waals surface area contributed by atoms with Crippen molar-refractivity contribution in [2.24, 2.45) is 0 Å². The van der Waals surface area contributed by atoms with E-state index in [1.54, 1.807) is 23.1 Å². The van der Waals surface area contributed by atoms with Crippen LogP contribution in [-0.2, 0) is 9.53 Å². The lowest BCUT2D eigenvalue weighted by Crippen LogP contribution is -2.53. The van der Waals surface area contributed by atoms with Crippen molar-refractivity contribution in [3.05, 3.63) is 36.3 Å². The molecule has 3 atom stereocenters. The van der Waals surface area contributed by atoms with Crippen LogP contribution >= 0.6 is 0 Å². The number of aliphatic hydroxyl groups excluding tert-OH is 1. The number of likely N-dealkylation sites (tertiary alicyclic amines) is 1. The molecule has 4 heterocycles. The number of benzene rings is 1. The highest BCUT2D eigenvalue weighted by Gasteiger charge is 2.37. The Morgan fingerprint density at radius 2 is 2.03 bits per heavy atom. The van der Waals surface area contributed by atoms with Gasteiger partial charge in [0.05, 0.1) is 30.1 Å². The summed E-state index contributed by atoms with van der Waals surface area (Å²) >= 11 is 0. The van der Waals surface area contributed by atoms with E-state index in [-0.39, 0.29) is 25.1 Å². The fraction of sp³-hybridized carbons (Fsp3) is 0.522. The van der Waals surface area contributed by atoms with Gasteiger partial charge in [-0.2, -0.15) is 0 Å². The summed E-state index contributed by atoms with van der Waals surface area (Å²) in [6.45, 7) is 2.77. The Morgan fingerprint density at radius 1 is 1.23 bits per heavy atom. The molecule has 0 radical (unpaired) electrons. The van der Waals surface area contributed by atoms with E-state index in [1.165, 1.54) is 17.2 Å². The third-order valence-electron chi connectivity index (χ3n) is 6.69. The zero-order chi connectivity index (χ0) is 24.5. The zero-order valence-corrected chi connectivity index (χ0v) is 19.4. The summed E-state index contributed by atoms with van der Waals surface area (Å²) in [5.41, 5.74) is 0.824. The third kappa shape index (κ3) is 4.89. The molecule has 5 rings (SSSR count). The van der Waals surface area contributed by atoms with Crippen LogP contribution in [0, 0.1) is 5.82 Å². The number of aromatic nitrogens is 1. The molecule has 0 bridgehead atoms. The summed E-state index contributed by atoms with van der Waals surface area (Å²) < 4.78 is 30.5. The van der Waals surface area contributed by atoms with Crippen LogP contribution in [0.15, 0.2) is 35.1 Å². The van der Waals surface area contributed by atoms with Crippen molar-refractivity contribution < 1.29 is 33.1 Å². The number of halogens is 1. The van der Waals surface area contributed by atoms with Crippen LogP contribution < -0.4 is 14.5 Å². The predicted molar refractivity (Wildman–Crippen MR) is 122 cm³/mol. The average molecular weight is 490 g/mol. The van der Waals surface area contributed by atoms with E-state index < -0.39 is 24.1 Å². The Balaban J connectivity index is 1.17. The number of piperazine rings is 1. The van der Waals surface area contributed by atoms with Crippen molar-refractivity contribution in [1.82, 2.24) is 15.0 Å². The van der Waals surface area contributed by atoms with Crippen LogP contribution in [0.4, 0.5) is 20.6 Å². The molecule has 2 amide bonds. The topological polar surface area (TPSA) is 112 Å². The highest BCUT2D eigenvalue weighted by atomic mass is 19.1. The van der Waals surface area contributed by atoms with Gasteiger partial charge in [-0.1, -0.05) is 0 Å². The Labute approximate surface area is 201 Å². The second-order valence-electron chi connectivity index (χ2n) is 9.06. The molecule has 0 saturated carbocycles. The summed E-state index contributed by atoms with van der Waals surface area (Å²) in [6.07, 6.45) is 0.251. The van der Waals surface area contributed by atoms with Crippen LogP contribution in [0.25, 0.3) is 0 Å². The maximum absolute atomic E-state index is 15.1. The fourth-order valence-corrected chi connectivity index (χ4v) is 4.83. The molecule has 12 heteroatoms. The van der Waals surface area contributed by atoms with Gasteiger partial charge in [0.1, 0.15) is 18.7 Å². The monoisotopic (exact) mass is 489 g/mol. The fourth-order valence-electron chi connectivity index (χ4n) is 4.83. The minimum absolute atomic E-state index is 0.00847. The van der Waals surface area contributed by atoms with Gasteiger partial charge in [0, 0.05) is 38.8 Å². The Morgan fingerprint density at radius 3 is 2.69 bits per heavy atom. The van der Waals surface area contributed by atoms with Crippen molar-refractivity contribution in [2.45, 2.75) is 24.7 Å². The van der Waals surface area contributed by atoms with Crippen molar-refractivity contribution in [3.63, 3.8) is 0 Å². The van der Waals surface area contributed by atoms with E-state index in [0.29, 0.717) is 56.4 Å². The molecule has 0 spiro atoms. The summed E-state index contributed by atoms with van der Waals surface area (Å²) in [5, 5.41) is 13.5. The molecule has 1 unspecified atom stereocenters. The van der Waals surface area contributed by atoms with Crippen molar-refractivity contribution in [1.29, 1.82) is 0 Å². The molecular weight excluding hydrogens is 461 g/mol. The van der Waals surface area contributed by atoms with Gasteiger partial charge in [0.15, 0.2) is 6.10 Å². The van der Waals surface area contributed by atoms with E-state index in [4.69, 9.17) is 14.0 Å². The molecular formula is C23H28FN5O6. The summed E-state index contributed by atoms with van der Waals surface area (Å²) in [5.74, 6) is -0.144. The number of aliphatic hydroxyl groups is 1. The van der Waals surface area contributed by atoms with E-state index in [0.717, 1.165) is 0 Å². The molecule has 3 aliphatic heterocycles. The highest BCUT2D eigenvalue weighted by Crippen LogP contribution is 2.29. The molecule has 3 aliphatic rings. The average Bonchev–Trinajstić information content (AvgIpc) is 3.57. The molecule has 1 aromatic carbocycles. The second-order valence-corrected chi connectivity index (χ2v) is 9.06. The normalized spacial score (nSPS) is 25.3. The first-order valence-corrected chi connectivity index (χ1v) is 11.6. The number of cyclic esters (lactones) is 1. The first-order chi connectivity index (χ1) is 16.9. The van der Waals surface area contributed by atoms with Crippen LogP contribution in [0.5, 0.6) is 5.88 Å². The Kier molecular flexibility index (Phi) is 6.48. The van der Waals surface area contributed by atoms with Gasteiger partial charge in [0.25, 0.3) is 5.88 Å². The van der Waals surface area contributed by atoms with E-state index in [9.17, 15) is 14.7 Å². The van der Waals surface area contributed by atoms with Gasteiger partial charge < -0.3 is 28.9 Å². The largest absolute Gasteiger partial charge is 0.471 e. The number of amides is 2. The molecule has 2 aromatic rings. The first kappa shape index (κ1) is 23.4. The number of rotatable bonds is 6. The molecule has 1 N–H and O–H groups in total. The molecule has 35 heavy (non-hydrogen) atoms. The van der Waals surface area contributed by atoms with Gasteiger partial charge in [0.2, 0.25) is 5.91 Å². The summed E-state index contributed by atoms with van der Waals surface area (Å²) in [4.78, 5) is 32.1.